The molecule has 0 bridgehead atoms. The molecule has 3 aromatic heterocycles. The first-order chi connectivity index (χ1) is 17.3. The van der Waals surface area contributed by atoms with Crippen LogP contribution in [0.1, 0.15) is 21.5 Å². The van der Waals surface area contributed by atoms with E-state index in [2.05, 4.69) is 30.6 Å². The van der Waals surface area contributed by atoms with Crippen LogP contribution in [-0.2, 0) is 6.18 Å². The smallest absolute Gasteiger partial charge is 0.358 e. The molecule has 0 aliphatic rings. The second kappa shape index (κ2) is 9.14. The van der Waals surface area contributed by atoms with Crippen molar-refractivity contribution in [2.24, 2.45) is 0 Å². The highest BCUT2D eigenvalue weighted by atomic mass is 19.4. The molecular weight excluding hydrogens is 469 g/mol. The molecule has 0 saturated heterocycles. The molecular formula is C26H19F3N6O. The molecule has 10 heteroatoms. The van der Waals surface area contributed by atoms with E-state index in [1.807, 2.05) is 25.1 Å². The lowest BCUT2D eigenvalue weighted by Gasteiger charge is -2.13. The average Bonchev–Trinajstić information content (AvgIpc) is 3.34. The minimum atomic E-state index is -4.54. The number of carbonyl (C=O) groups is 1. The van der Waals surface area contributed by atoms with E-state index in [4.69, 9.17) is 0 Å². The van der Waals surface area contributed by atoms with E-state index in [-0.39, 0.29) is 5.56 Å². The fourth-order valence-corrected chi connectivity index (χ4v) is 3.71. The number of hydrogen-bond acceptors (Lipinski definition) is 5. The van der Waals surface area contributed by atoms with Crippen LogP contribution in [0.25, 0.3) is 22.3 Å². The highest BCUT2D eigenvalue weighted by molar-refractivity contribution is 6.04. The van der Waals surface area contributed by atoms with E-state index in [0.717, 1.165) is 28.8 Å². The van der Waals surface area contributed by atoms with Crippen LogP contribution >= 0.6 is 0 Å². The number of aromatic nitrogens is 4. The number of fused-ring (bicyclic) bond motifs is 1. The van der Waals surface area contributed by atoms with Crippen molar-refractivity contribution >= 4 is 34.3 Å². The summed E-state index contributed by atoms with van der Waals surface area (Å²) in [5, 5.41) is 5.84. The summed E-state index contributed by atoms with van der Waals surface area (Å²) in [7, 11) is 0. The summed E-state index contributed by atoms with van der Waals surface area (Å²) in [4.78, 5) is 29.2. The van der Waals surface area contributed by atoms with Crippen LogP contribution in [0.4, 0.5) is 30.5 Å². The number of aromatic amines is 1. The van der Waals surface area contributed by atoms with Crippen LogP contribution in [0, 0.1) is 6.92 Å². The number of aryl methyl sites for hydroxylation is 1. The topological polar surface area (TPSA) is 95.6 Å². The summed E-state index contributed by atoms with van der Waals surface area (Å²) in [6.07, 6.45) is 0.629. The molecule has 0 saturated carbocycles. The number of pyridine rings is 1. The van der Waals surface area contributed by atoms with E-state index >= 15 is 0 Å². The summed E-state index contributed by atoms with van der Waals surface area (Å²) >= 11 is 0. The maximum Gasteiger partial charge on any atom is 0.416 e. The van der Waals surface area contributed by atoms with Crippen molar-refractivity contribution < 1.29 is 18.0 Å². The van der Waals surface area contributed by atoms with Crippen LogP contribution in [0.5, 0.6) is 0 Å². The predicted octanol–water partition coefficient (Wildman–Crippen LogP) is 6.34. The van der Waals surface area contributed by atoms with Gasteiger partial charge in [-0.2, -0.15) is 13.2 Å². The molecule has 2 aromatic carbocycles. The molecule has 3 heterocycles. The Bertz CT molecular complexity index is 1560. The summed E-state index contributed by atoms with van der Waals surface area (Å²) in [6.45, 7) is 1.87. The first-order valence-electron chi connectivity index (χ1n) is 10.9. The second-order valence-electron chi connectivity index (χ2n) is 8.06. The van der Waals surface area contributed by atoms with E-state index in [1.165, 1.54) is 12.1 Å². The second-order valence-corrected chi connectivity index (χ2v) is 8.06. The molecule has 5 rings (SSSR count). The molecule has 180 valence electrons. The van der Waals surface area contributed by atoms with Gasteiger partial charge in [-0.15, -0.1) is 0 Å². The molecule has 0 atom stereocenters. The molecule has 0 aliphatic heterocycles. The first-order valence-corrected chi connectivity index (χ1v) is 10.9. The largest absolute Gasteiger partial charge is 0.416 e. The van der Waals surface area contributed by atoms with Crippen LogP contribution in [0.15, 0.2) is 79.3 Å². The third kappa shape index (κ3) is 4.74. The summed E-state index contributed by atoms with van der Waals surface area (Å²) in [5.41, 5.74) is 3.87. The standard InChI is InChI=1S/C26H19F3N6O/c1-15-7-8-19(32-24(36)16-4-2-6-18(12-16)26(27,28)29)13-21(15)34-25-33-20-9-11-31-23(20)22(35-25)17-5-3-10-30-14-17/h2-14,31H,1H3,(H,32,36)(H,33,34,35). The molecule has 5 aromatic rings. The molecule has 0 fully saturated rings. The number of carbonyl (C=O) groups excluding carboxylic acids is 1. The van der Waals surface area contributed by atoms with E-state index in [0.29, 0.717) is 28.5 Å². The number of nitrogens with one attached hydrogen (secondary N) is 3. The number of nitrogens with zero attached hydrogens (tertiary/aromatic N) is 3. The van der Waals surface area contributed by atoms with Gasteiger partial charge in [-0.25, -0.2) is 9.97 Å². The van der Waals surface area contributed by atoms with Gasteiger partial charge in [0.2, 0.25) is 5.95 Å². The maximum atomic E-state index is 13.0. The van der Waals surface area contributed by atoms with Gasteiger partial charge >= 0.3 is 6.18 Å². The number of anilines is 3. The number of amides is 1. The molecule has 0 radical (unpaired) electrons. The lowest BCUT2D eigenvalue weighted by molar-refractivity contribution is -0.137. The Morgan fingerprint density at radius 2 is 1.86 bits per heavy atom. The summed E-state index contributed by atoms with van der Waals surface area (Å²) in [5.74, 6) is -0.315. The normalized spacial score (nSPS) is 11.4. The number of hydrogen-bond donors (Lipinski definition) is 3. The van der Waals surface area contributed by atoms with Gasteiger partial charge in [-0.05, 0) is 61.0 Å². The molecule has 1 amide bonds. The lowest BCUT2D eigenvalue weighted by Crippen LogP contribution is -2.14. The highest BCUT2D eigenvalue weighted by Crippen LogP contribution is 2.31. The van der Waals surface area contributed by atoms with Crippen LogP contribution in [0.2, 0.25) is 0 Å². The van der Waals surface area contributed by atoms with Gasteiger partial charge in [0.15, 0.2) is 0 Å². The van der Waals surface area contributed by atoms with E-state index < -0.39 is 17.6 Å². The van der Waals surface area contributed by atoms with Crippen molar-refractivity contribution in [2.45, 2.75) is 13.1 Å². The summed E-state index contributed by atoms with van der Waals surface area (Å²) in [6, 6.07) is 15.0. The molecule has 3 N–H and O–H groups in total. The van der Waals surface area contributed by atoms with E-state index in [1.54, 1.807) is 36.8 Å². The van der Waals surface area contributed by atoms with Crippen molar-refractivity contribution in [2.75, 3.05) is 10.6 Å². The quantitative estimate of drug-likeness (QED) is 0.268. The SMILES string of the molecule is Cc1ccc(NC(=O)c2cccc(C(F)(F)F)c2)cc1Nc1nc(-c2cccnc2)c2[nH]ccc2n1. The Morgan fingerprint density at radius 1 is 1.00 bits per heavy atom. The monoisotopic (exact) mass is 488 g/mol. The molecule has 0 aliphatic carbocycles. The maximum absolute atomic E-state index is 13.0. The van der Waals surface area contributed by atoms with E-state index in [9.17, 15) is 18.0 Å². The minimum Gasteiger partial charge on any atom is -0.358 e. The highest BCUT2D eigenvalue weighted by Gasteiger charge is 2.30. The lowest BCUT2D eigenvalue weighted by atomic mass is 10.1. The van der Waals surface area contributed by atoms with Crippen LogP contribution in [-0.4, -0.2) is 25.8 Å². The Labute approximate surface area is 203 Å². The molecule has 36 heavy (non-hydrogen) atoms. The van der Waals surface area contributed by atoms with Crippen LogP contribution in [0.3, 0.4) is 0 Å². The number of rotatable bonds is 5. The van der Waals surface area contributed by atoms with Gasteiger partial charge in [-0.3, -0.25) is 9.78 Å². The fourth-order valence-electron chi connectivity index (χ4n) is 3.71. The predicted molar refractivity (Wildman–Crippen MR) is 131 cm³/mol. The number of benzene rings is 2. The van der Waals surface area contributed by atoms with Crippen molar-refractivity contribution in [3.63, 3.8) is 0 Å². The van der Waals surface area contributed by atoms with Crippen LogP contribution < -0.4 is 10.6 Å². The number of H-pyrrole nitrogens is 1. The van der Waals surface area contributed by atoms with Crippen molar-refractivity contribution in [1.29, 1.82) is 0 Å². The fraction of sp³-hybridized carbons (Fsp3) is 0.0769. The Balaban J connectivity index is 1.43. The zero-order valence-corrected chi connectivity index (χ0v) is 18.9. The molecule has 7 nitrogen and oxygen atoms in total. The van der Waals surface area contributed by atoms with Gasteiger partial charge < -0.3 is 15.6 Å². The Hall–Kier alpha value is -4.73. The molecule has 0 unspecified atom stereocenters. The van der Waals surface area contributed by atoms with Gasteiger partial charge in [0, 0.05) is 41.1 Å². The van der Waals surface area contributed by atoms with Gasteiger partial charge in [0.05, 0.1) is 16.6 Å². The Morgan fingerprint density at radius 3 is 2.64 bits per heavy atom. The number of alkyl halides is 3. The summed E-state index contributed by atoms with van der Waals surface area (Å²) < 4.78 is 39.1. The van der Waals surface area contributed by atoms with Gasteiger partial charge in [0.25, 0.3) is 5.91 Å². The minimum absolute atomic E-state index is 0.0951. The Kier molecular flexibility index (Phi) is 5.85. The molecule has 0 spiro atoms. The van der Waals surface area contributed by atoms with Gasteiger partial charge in [0.1, 0.15) is 5.69 Å². The first kappa shape index (κ1) is 23.0. The van der Waals surface area contributed by atoms with Crippen molar-refractivity contribution in [3.05, 3.63) is 95.9 Å². The average molecular weight is 488 g/mol. The van der Waals surface area contributed by atoms with Crippen molar-refractivity contribution in [1.82, 2.24) is 19.9 Å². The third-order valence-corrected chi connectivity index (χ3v) is 5.53. The number of halogens is 3. The zero-order valence-electron chi connectivity index (χ0n) is 18.9. The van der Waals surface area contributed by atoms with Crippen molar-refractivity contribution in [3.8, 4) is 11.3 Å². The third-order valence-electron chi connectivity index (χ3n) is 5.53. The van der Waals surface area contributed by atoms with Gasteiger partial charge in [-0.1, -0.05) is 12.1 Å². The zero-order chi connectivity index (χ0) is 25.3.